The van der Waals surface area contributed by atoms with Crippen LogP contribution < -0.4 is 4.90 Å². The topological polar surface area (TPSA) is 47.0 Å². The number of hydrogen-bond acceptors (Lipinski definition) is 4. The highest BCUT2D eigenvalue weighted by molar-refractivity contribution is 5.78. The first-order valence-electron chi connectivity index (χ1n) is 9.23. The lowest BCUT2D eigenvalue weighted by molar-refractivity contribution is -0.132. The molecule has 26 heavy (non-hydrogen) atoms. The molecule has 1 aliphatic rings. The van der Waals surface area contributed by atoms with E-state index in [0.717, 1.165) is 38.4 Å². The Bertz CT molecular complexity index is 695. The molecule has 2 aromatic rings. The van der Waals surface area contributed by atoms with E-state index >= 15 is 0 Å². The number of anilines is 1. The van der Waals surface area contributed by atoms with Crippen molar-refractivity contribution in [3.63, 3.8) is 0 Å². The van der Waals surface area contributed by atoms with Crippen LogP contribution in [0.3, 0.4) is 0 Å². The zero-order valence-corrected chi connectivity index (χ0v) is 15.3. The molecule has 1 N–H and O–H groups in total. The molecule has 1 fully saturated rings. The second-order valence-electron chi connectivity index (χ2n) is 6.67. The van der Waals surface area contributed by atoms with Crippen molar-refractivity contribution in [3.05, 3.63) is 60.2 Å². The van der Waals surface area contributed by atoms with Gasteiger partial charge in [0.25, 0.3) is 0 Å². The van der Waals surface area contributed by atoms with Gasteiger partial charge in [-0.2, -0.15) is 0 Å². The second-order valence-corrected chi connectivity index (χ2v) is 6.67. The summed E-state index contributed by atoms with van der Waals surface area (Å²) < 4.78 is 0. The minimum absolute atomic E-state index is 0.189. The Kier molecular flexibility index (Phi) is 6.12. The van der Waals surface area contributed by atoms with Gasteiger partial charge in [0.15, 0.2) is 0 Å². The molecular weight excluding hydrogens is 326 g/mol. The highest BCUT2D eigenvalue weighted by Gasteiger charge is 2.21. The number of hydrogen-bond donors (Lipinski definition) is 1. The van der Waals surface area contributed by atoms with Crippen LogP contribution in [0.4, 0.5) is 5.69 Å². The van der Waals surface area contributed by atoms with Crippen LogP contribution in [0.1, 0.15) is 12.5 Å². The number of aromatic hydroxyl groups is 1. The molecule has 0 bridgehead atoms. The molecule has 1 aliphatic heterocycles. The number of rotatable bonds is 6. The Morgan fingerprint density at radius 3 is 2.27 bits per heavy atom. The van der Waals surface area contributed by atoms with Gasteiger partial charge in [0.1, 0.15) is 5.75 Å². The first-order valence-corrected chi connectivity index (χ1v) is 9.23. The first-order chi connectivity index (χ1) is 12.7. The Hall–Kier alpha value is -2.53. The van der Waals surface area contributed by atoms with Gasteiger partial charge < -0.3 is 14.9 Å². The molecule has 1 heterocycles. The number of phenols is 1. The summed E-state index contributed by atoms with van der Waals surface area (Å²) in [5, 5.41) is 9.41. The fraction of sp³-hybridized carbons (Fsp3) is 0.381. The van der Waals surface area contributed by atoms with E-state index < -0.39 is 0 Å². The van der Waals surface area contributed by atoms with Crippen molar-refractivity contribution in [2.45, 2.75) is 13.5 Å². The molecule has 0 aliphatic carbocycles. The third kappa shape index (κ3) is 4.76. The summed E-state index contributed by atoms with van der Waals surface area (Å²) in [5.74, 6) is 0.477. The average molecular weight is 353 g/mol. The molecule has 1 amide bonds. The molecule has 1 saturated heterocycles. The van der Waals surface area contributed by atoms with Crippen molar-refractivity contribution in [2.24, 2.45) is 0 Å². The van der Waals surface area contributed by atoms with Crippen LogP contribution in [0.2, 0.25) is 0 Å². The minimum Gasteiger partial charge on any atom is -0.508 e. The number of carbonyl (C=O) groups excluding carboxylic acids is 1. The fourth-order valence-electron chi connectivity index (χ4n) is 3.30. The number of benzene rings is 2. The predicted molar refractivity (Wildman–Crippen MR) is 104 cm³/mol. The fourth-order valence-corrected chi connectivity index (χ4v) is 3.30. The summed E-state index contributed by atoms with van der Waals surface area (Å²) in [6.45, 7) is 7.43. The predicted octanol–water partition coefficient (Wildman–Crippen LogP) is 2.56. The molecule has 138 valence electrons. The number of nitrogens with zero attached hydrogens (tertiary/aromatic N) is 3. The van der Waals surface area contributed by atoms with E-state index in [4.69, 9.17) is 0 Å². The van der Waals surface area contributed by atoms with Crippen molar-refractivity contribution in [3.8, 4) is 5.75 Å². The monoisotopic (exact) mass is 353 g/mol. The lowest BCUT2D eigenvalue weighted by atomic mass is 10.2. The maximum atomic E-state index is 12.7. The highest BCUT2D eigenvalue weighted by atomic mass is 16.3. The quantitative estimate of drug-likeness (QED) is 0.867. The average Bonchev–Trinajstić information content (AvgIpc) is 2.68. The van der Waals surface area contributed by atoms with Crippen LogP contribution in [0.25, 0.3) is 0 Å². The summed E-state index contributed by atoms with van der Waals surface area (Å²) >= 11 is 0. The van der Waals surface area contributed by atoms with Crippen LogP contribution in [-0.4, -0.2) is 60.1 Å². The van der Waals surface area contributed by atoms with Gasteiger partial charge >= 0.3 is 0 Å². The number of piperazine rings is 1. The summed E-state index contributed by atoms with van der Waals surface area (Å²) in [6.07, 6.45) is 0. The lowest BCUT2D eigenvalue weighted by Gasteiger charge is -2.36. The van der Waals surface area contributed by atoms with Gasteiger partial charge in [-0.25, -0.2) is 0 Å². The molecule has 2 aromatic carbocycles. The summed E-state index contributed by atoms with van der Waals surface area (Å²) in [7, 11) is 0. The van der Waals surface area contributed by atoms with E-state index in [1.807, 2.05) is 42.2 Å². The Labute approximate surface area is 155 Å². The van der Waals surface area contributed by atoms with Crippen molar-refractivity contribution in [2.75, 3.05) is 44.2 Å². The van der Waals surface area contributed by atoms with E-state index in [9.17, 15) is 9.90 Å². The van der Waals surface area contributed by atoms with E-state index in [-0.39, 0.29) is 11.7 Å². The second kappa shape index (κ2) is 8.72. The van der Waals surface area contributed by atoms with Gasteiger partial charge in [-0.3, -0.25) is 9.69 Å². The summed E-state index contributed by atoms with van der Waals surface area (Å²) in [6, 6.07) is 17.5. The molecule has 0 spiro atoms. The number of amides is 1. The van der Waals surface area contributed by atoms with Crippen LogP contribution >= 0.6 is 0 Å². The zero-order valence-electron chi connectivity index (χ0n) is 15.3. The standard InChI is InChI=1S/C21H27N3O2/c1-2-23(16-18-6-4-3-5-7-18)21(26)17-22-12-14-24(15-13-22)19-8-10-20(25)11-9-19/h3-11,25H,2,12-17H2,1H3. The van der Waals surface area contributed by atoms with Crippen molar-refractivity contribution in [1.29, 1.82) is 0 Å². The SMILES string of the molecule is CCN(Cc1ccccc1)C(=O)CN1CCN(c2ccc(O)cc2)CC1. The molecule has 5 heteroatoms. The van der Waals surface area contributed by atoms with E-state index in [0.29, 0.717) is 13.1 Å². The maximum absolute atomic E-state index is 12.7. The molecule has 0 aromatic heterocycles. The van der Waals surface area contributed by atoms with Crippen molar-refractivity contribution < 1.29 is 9.90 Å². The Morgan fingerprint density at radius 2 is 1.65 bits per heavy atom. The van der Waals surface area contributed by atoms with E-state index in [1.165, 1.54) is 5.56 Å². The minimum atomic E-state index is 0.189. The van der Waals surface area contributed by atoms with Crippen molar-refractivity contribution >= 4 is 11.6 Å². The van der Waals surface area contributed by atoms with Gasteiger partial charge in [0, 0.05) is 45.0 Å². The number of carbonyl (C=O) groups is 1. The molecule has 3 rings (SSSR count). The largest absolute Gasteiger partial charge is 0.508 e. The van der Waals surface area contributed by atoms with Crippen LogP contribution in [0.5, 0.6) is 5.75 Å². The van der Waals surface area contributed by atoms with Crippen LogP contribution in [0, 0.1) is 0 Å². The van der Waals surface area contributed by atoms with Crippen LogP contribution in [0.15, 0.2) is 54.6 Å². The van der Waals surface area contributed by atoms with Crippen LogP contribution in [-0.2, 0) is 11.3 Å². The third-order valence-corrected chi connectivity index (χ3v) is 4.90. The molecule has 0 saturated carbocycles. The normalized spacial score (nSPS) is 15.0. The maximum Gasteiger partial charge on any atom is 0.237 e. The Morgan fingerprint density at radius 1 is 1.00 bits per heavy atom. The zero-order chi connectivity index (χ0) is 18.4. The number of phenolic OH excluding ortho intramolecular Hbond substituents is 1. The van der Waals surface area contributed by atoms with Gasteiger partial charge in [-0.15, -0.1) is 0 Å². The summed E-state index contributed by atoms with van der Waals surface area (Å²) in [5.41, 5.74) is 2.29. The molecule has 5 nitrogen and oxygen atoms in total. The van der Waals surface area contributed by atoms with Gasteiger partial charge in [-0.05, 0) is 36.8 Å². The van der Waals surface area contributed by atoms with Gasteiger partial charge in [0.2, 0.25) is 5.91 Å². The molecule has 0 atom stereocenters. The Balaban J connectivity index is 1.50. The lowest BCUT2D eigenvalue weighted by Crippen LogP contribution is -2.50. The van der Waals surface area contributed by atoms with Crippen molar-refractivity contribution in [1.82, 2.24) is 9.80 Å². The van der Waals surface area contributed by atoms with E-state index in [2.05, 4.69) is 21.9 Å². The number of likely N-dealkylation sites (N-methyl/N-ethyl adjacent to an activating group) is 1. The van der Waals surface area contributed by atoms with Gasteiger partial charge in [0.05, 0.1) is 6.54 Å². The van der Waals surface area contributed by atoms with E-state index in [1.54, 1.807) is 12.1 Å². The third-order valence-electron chi connectivity index (χ3n) is 4.90. The molecule has 0 radical (unpaired) electrons. The molecule has 0 unspecified atom stereocenters. The molecular formula is C21H27N3O2. The first kappa shape index (κ1) is 18.3. The highest BCUT2D eigenvalue weighted by Crippen LogP contribution is 2.19. The summed E-state index contributed by atoms with van der Waals surface area (Å²) in [4.78, 5) is 19.1. The van der Waals surface area contributed by atoms with Gasteiger partial charge in [-0.1, -0.05) is 30.3 Å². The smallest absolute Gasteiger partial charge is 0.237 e.